The van der Waals surface area contributed by atoms with E-state index in [-0.39, 0.29) is 11.5 Å². The number of rotatable bonds is 7. The maximum atomic E-state index is 12.6. The summed E-state index contributed by atoms with van der Waals surface area (Å²) >= 11 is 0. The minimum Gasteiger partial charge on any atom is -0.350 e. The van der Waals surface area contributed by atoms with Crippen molar-refractivity contribution in [3.05, 3.63) is 48.0 Å². The monoisotopic (exact) mass is 395 g/mol. The van der Waals surface area contributed by atoms with Crippen LogP contribution in [0.4, 0.5) is 13.2 Å². The van der Waals surface area contributed by atoms with E-state index in [1.165, 1.54) is 18.6 Å². The van der Waals surface area contributed by atoms with Gasteiger partial charge >= 0.3 is 6.18 Å². The number of carbonyl (C=O) groups is 1. The van der Waals surface area contributed by atoms with Gasteiger partial charge in [0.2, 0.25) is 0 Å². The number of carbonyl (C=O) groups excluding carboxylic acids is 1. The van der Waals surface area contributed by atoms with Crippen LogP contribution in [-0.2, 0) is 6.18 Å². The van der Waals surface area contributed by atoms with Gasteiger partial charge in [0.1, 0.15) is 0 Å². The van der Waals surface area contributed by atoms with Gasteiger partial charge < -0.3 is 10.2 Å². The lowest BCUT2D eigenvalue weighted by Crippen LogP contribution is -2.58. The molecule has 3 aliphatic heterocycles. The largest absolute Gasteiger partial charge is 0.416 e. The van der Waals surface area contributed by atoms with Crippen LogP contribution in [0.3, 0.4) is 0 Å². The predicted molar refractivity (Wildman–Crippen MR) is 103 cm³/mol. The first-order chi connectivity index (χ1) is 13.3. The number of nitrogens with one attached hydrogen (secondary N) is 1. The van der Waals surface area contributed by atoms with Crippen molar-refractivity contribution in [2.45, 2.75) is 25.1 Å². The highest BCUT2D eigenvalue weighted by atomic mass is 19.4. The van der Waals surface area contributed by atoms with E-state index in [9.17, 15) is 18.0 Å². The van der Waals surface area contributed by atoms with Gasteiger partial charge in [0.25, 0.3) is 5.91 Å². The van der Waals surface area contributed by atoms with Gasteiger partial charge in [-0.25, -0.2) is 0 Å². The molecular weight excluding hydrogens is 367 g/mol. The van der Waals surface area contributed by atoms with Gasteiger partial charge in [-0.3, -0.25) is 9.69 Å². The molecule has 4 atom stereocenters. The third kappa shape index (κ3) is 4.94. The molecule has 0 spiro atoms. The second-order valence-corrected chi connectivity index (χ2v) is 7.99. The molecule has 2 bridgehead atoms. The van der Waals surface area contributed by atoms with Crippen molar-refractivity contribution >= 4 is 5.91 Å². The molecule has 154 valence electrons. The molecule has 3 aliphatic rings. The SMILES string of the molecule is C=CCN(C)C[C@H]1CN2CC[C@H]1C[C@@H]2CNC(=O)c1ccc(C(F)(F)F)cc1. The third-order valence-electron chi connectivity index (χ3n) is 5.97. The molecule has 3 fully saturated rings. The second-order valence-electron chi connectivity index (χ2n) is 7.99. The van der Waals surface area contributed by atoms with Gasteiger partial charge in [-0.15, -0.1) is 6.58 Å². The van der Waals surface area contributed by atoms with Crippen LogP contribution in [-0.4, -0.2) is 61.5 Å². The molecule has 1 aromatic carbocycles. The number of fused-ring (bicyclic) bond motifs is 3. The molecule has 28 heavy (non-hydrogen) atoms. The van der Waals surface area contributed by atoms with Crippen molar-refractivity contribution in [2.75, 3.05) is 39.8 Å². The van der Waals surface area contributed by atoms with E-state index in [0.29, 0.717) is 24.4 Å². The first-order valence-corrected chi connectivity index (χ1v) is 9.77. The number of alkyl halides is 3. The molecule has 1 unspecified atom stereocenters. The predicted octanol–water partition coefficient (Wildman–Crippen LogP) is 3.26. The Bertz CT molecular complexity index is 689. The minimum atomic E-state index is -4.39. The Morgan fingerprint density at radius 3 is 2.64 bits per heavy atom. The van der Waals surface area contributed by atoms with Crippen molar-refractivity contribution in [1.82, 2.24) is 15.1 Å². The smallest absolute Gasteiger partial charge is 0.350 e. The normalized spacial score (nSPS) is 27.0. The van der Waals surface area contributed by atoms with E-state index in [1.807, 2.05) is 6.08 Å². The molecule has 3 heterocycles. The van der Waals surface area contributed by atoms with Crippen LogP contribution in [0.5, 0.6) is 0 Å². The Balaban J connectivity index is 1.50. The quantitative estimate of drug-likeness (QED) is 0.720. The number of halogens is 3. The minimum absolute atomic E-state index is 0.257. The van der Waals surface area contributed by atoms with Gasteiger partial charge in [-0.2, -0.15) is 13.2 Å². The van der Waals surface area contributed by atoms with E-state index in [2.05, 4.69) is 28.7 Å². The Morgan fingerprint density at radius 2 is 2.07 bits per heavy atom. The van der Waals surface area contributed by atoms with Crippen LogP contribution in [0.15, 0.2) is 36.9 Å². The zero-order valence-corrected chi connectivity index (χ0v) is 16.2. The Morgan fingerprint density at radius 1 is 1.36 bits per heavy atom. The summed E-state index contributed by atoms with van der Waals surface area (Å²) in [6, 6.07) is 4.67. The van der Waals surface area contributed by atoms with Crippen LogP contribution in [0.25, 0.3) is 0 Å². The number of likely N-dealkylation sites (N-methyl/N-ethyl adjacent to an activating group) is 1. The lowest BCUT2D eigenvalue weighted by molar-refractivity contribution is -0.137. The fourth-order valence-electron chi connectivity index (χ4n) is 4.49. The highest BCUT2D eigenvalue weighted by molar-refractivity contribution is 5.94. The summed E-state index contributed by atoms with van der Waals surface area (Å²) in [7, 11) is 2.11. The van der Waals surface area contributed by atoms with Crippen LogP contribution in [0.1, 0.15) is 28.8 Å². The molecule has 7 heteroatoms. The zero-order valence-electron chi connectivity index (χ0n) is 16.2. The van der Waals surface area contributed by atoms with Crippen LogP contribution in [0, 0.1) is 11.8 Å². The summed E-state index contributed by atoms with van der Waals surface area (Å²) in [6.07, 6.45) is -0.226. The first-order valence-electron chi connectivity index (χ1n) is 9.77. The third-order valence-corrected chi connectivity index (χ3v) is 5.97. The van der Waals surface area contributed by atoms with E-state index in [1.54, 1.807) is 0 Å². The van der Waals surface area contributed by atoms with Crippen LogP contribution < -0.4 is 5.32 Å². The van der Waals surface area contributed by atoms with Crippen LogP contribution in [0.2, 0.25) is 0 Å². The fourth-order valence-corrected chi connectivity index (χ4v) is 4.49. The topological polar surface area (TPSA) is 35.6 Å². The van der Waals surface area contributed by atoms with Gasteiger partial charge in [-0.05, 0) is 62.5 Å². The zero-order chi connectivity index (χ0) is 20.3. The molecule has 1 N–H and O–H groups in total. The standard InChI is InChI=1S/C21H28F3N3O/c1-3-9-26(2)13-17-14-27-10-8-16(17)11-19(27)12-25-20(28)15-4-6-18(7-5-15)21(22,23)24/h3-7,16-17,19H,1,8-14H2,2H3,(H,25,28)/t16-,17-,19+/m0/s1. The van der Waals surface area contributed by atoms with E-state index in [4.69, 9.17) is 0 Å². The number of benzene rings is 1. The Kier molecular flexibility index (Phi) is 6.45. The van der Waals surface area contributed by atoms with Crippen molar-refractivity contribution in [1.29, 1.82) is 0 Å². The molecule has 4 rings (SSSR count). The molecule has 4 nitrogen and oxygen atoms in total. The van der Waals surface area contributed by atoms with Gasteiger partial charge in [-0.1, -0.05) is 6.08 Å². The number of hydrogen-bond donors (Lipinski definition) is 1. The Labute approximate surface area is 164 Å². The summed E-state index contributed by atoms with van der Waals surface area (Å²) in [4.78, 5) is 17.0. The molecule has 0 saturated carbocycles. The number of piperidine rings is 3. The van der Waals surface area contributed by atoms with Crippen LogP contribution >= 0.6 is 0 Å². The molecule has 1 aromatic rings. The summed E-state index contributed by atoms with van der Waals surface area (Å²) in [6.45, 7) is 8.34. The van der Waals surface area contributed by atoms with E-state index in [0.717, 1.165) is 44.7 Å². The molecule has 0 radical (unpaired) electrons. The van der Waals surface area contributed by atoms with E-state index < -0.39 is 11.7 Å². The molecule has 3 saturated heterocycles. The molecular formula is C21H28F3N3O. The maximum Gasteiger partial charge on any atom is 0.416 e. The lowest BCUT2D eigenvalue weighted by Gasteiger charge is -2.50. The molecule has 0 aliphatic carbocycles. The van der Waals surface area contributed by atoms with E-state index >= 15 is 0 Å². The van der Waals surface area contributed by atoms with Crippen molar-refractivity contribution in [3.8, 4) is 0 Å². The Hall–Kier alpha value is -1.86. The van der Waals surface area contributed by atoms with Crippen molar-refractivity contribution < 1.29 is 18.0 Å². The number of hydrogen-bond acceptors (Lipinski definition) is 3. The summed E-state index contributed by atoms with van der Waals surface area (Å²) in [5.41, 5.74) is -0.486. The van der Waals surface area contributed by atoms with Gasteiger partial charge in [0, 0.05) is 37.8 Å². The highest BCUT2D eigenvalue weighted by Crippen LogP contribution is 2.36. The first kappa shape index (κ1) is 20.9. The van der Waals surface area contributed by atoms with Crippen molar-refractivity contribution in [3.63, 3.8) is 0 Å². The molecule has 0 aromatic heterocycles. The average molecular weight is 395 g/mol. The second kappa shape index (κ2) is 8.66. The molecule has 1 amide bonds. The fraction of sp³-hybridized carbons (Fsp3) is 0.571. The lowest BCUT2D eigenvalue weighted by atomic mass is 9.75. The van der Waals surface area contributed by atoms with Gasteiger partial charge in [0.05, 0.1) is 5.56 Å². The number of amides is 1. The summed E-state index contributed by atoms with van der Waals surface area (Å²) in [5.74, 6) is 0.976. The highest BCUT2D eigenvalue weighted by Gasteiger charge is 2.40. The van der Waals surface area contributed by atoms with Gasteiger partial charge in [0.15, 0.2) is 0 Å². The number of nitrogens with zero attached hydrogens (tertiary/aromatic N) is 2. The summed E-state index contributed by atoms with van der Waals surface area (Å²) < 4.78 is 37.9. The summed E-state index contributed by atoms with van der Waals surface area (Å²) in [5, 5.41) is 2.90. The maximum absolute atomic E-state index is 12.6. The van der Waals surface area contributed by atoms with Crippen molar-refractivity contribution in [2.24, 2.45) is 11.8 Å². The average Bonchev–Trinajstić information content (AvgIpc) is 2.66.